The topological polar surface area (TPSA) is 70.8 Å². The number of hydrogen-bond donors (Lipinski definition) is 1. The number of carboxylic acids is 1. The van der Waals surface area contributed by atoms with Crippen molar-refractivity contribution in [2.24, 2.45) is 0 Å². The fourth-order valence-corrected chi connectivity index (χ4v) is 3.37. The van der Waals surface area contributed by atoms with E-state index < -0.39 is 5.97 Å². The molecule has 0 spiro atoms. The zero-order chi connectivity index (χ0) is 18.4. The van der Waals surface area contributed by atoms with Gasteiger partial charge in [-0.25, -0.2) is 4.79 Å². The summed E-state index contributed by atoms with van der Waals surface area (Å²) in [5.74, 6) is -0.362. The Labute approximate surface area is 151 Å². The number of furan rings is 1. The summed E-state index contributed by atoms with van der Waals surface area (Å²) in [6.07, 6.45) is 1.36. The van der Waals surface area contributed by atoms with Crippen molar-refractivity contribution in [3.05, 3.63) is 65.6 Å². The highest BCUT2D eigenvalue weighted by molar-refractivity contribution is 7.98. The second kappa shape index (κ2) is 8.58. The van der Waals surface area contributed by atoms with E-state index in [9.17, 15) is 9.59 Å². The van der Waals surface area contributed by atoms with Crippen LogP contribution in [0, 0.1) is 0 Å². The minimum atomic E-state index is -1.02. The summed E-state index contributed by atoms with van der Waals surface area (Å²) in [5, 5.41) is 9.14. The average molecular weight is 359 g/mol. The van der Waals surface area contributed by atoms with Gasteiger partial charge in [-0.15, -0.1) is 11.8 Å². The van der Waals surface area contributed by atoms with E-state index in [1.807, 2.05) is 32.0 Å². The molecule has 2 rings (SSSR count). The van der Waals surface area contributed by atoms with Crippen LogP contribution in [0.1, 0.15) is 40.3 Å². The molecule has 0 aliphatic carbocycles. The lowest BCUT2D eigenvalue weighted by Crippen LogP contribution is -2.32. The third-order valence-electron chi connectivity index (χ3n) is 3.58. The molecule has 1 N–H and O–H groups in total. The first-order valence-electron chi connectivity index (χ1n) is 7.89. The summed E-state index contributed by atoms with van der Waals surface area (Å²) < 4.78 is 5.26. The number of hydrogen-bond acceptors (Lipinski definition) is 4. The standard InChI is InChI=1S/C19H21NO4S/c1-4-20(11-13(2)3)18(21)15-7-5-6-8-17(15)25-12-16-14(19(22)23)9-10-24-16/h5-10H,2,4,11-12H2,1,3H3,(H,22,23). The molecule has 0 atom stereocenters. The summed E-state index contributed by atoms with van der Waals surface area (Å²) in [7, 11) is 0. The number of aromatic carboxylic acids is 1. The number of carbonyl (C=O) groups excluding carboxylic acids is 1. The first kappa shape index (κ1) is 18.9. The van der Waals surface area contributed by atoms with Gasteiger partial charge in [0.1, 0.15) is 11.3 Å². The van der Waals surface area contributed by atoms with Crippen LogP contribution >= 0.6 is 11.8 Å². The van der Waals surface area contributed by atoms with Crippen molar-refractivity contribution in [3.8, 4) is 0 Å². The first-order chi connectivity index (χ1) is 11.9. The van der Waals surface area contributed by atoms with E-state index in [4.69, 9.17) is 9.52 Å². The fraction of sp³-hybridized carbons (Fsp3) is 0.263. The molecule has 0 unspecified atom stereocenters. The number of benzene rings is 1. The van der Waals surface area contributed by atoms with Gasteiger partial charge in [-0.05, 0) is 32.0 Å². The van der Waals surface area contributed by atoms with E-state index in [-0.39, 0.29) is 11.5 Å². The van der Waals surface area contributed by atoms with Crippen LogP contribution in [0.3, 0.4) is 0 Å². The molecule has 1 heterocycles. The number of thioether (sulfide) groups is 1. The van der Waals surface area contributed by atoms with Gasteiger partial charge in [0.2, 0.25) is 0 Å². The van der Waals surface area contributed by atoms with Crippen molar-refractivity contribution < 1.29 is 19.1 Å². The van der Waals surface area contributed by atoms with E-state index in [0.717, 1.165) is 10.5 Å². The molecular weight excluding hydrogens is 338 g/mol. The Kier molecular flexibility index (Phi) is 6.47. The molecule has 0 saturated heterocycles. The highest BCUT2D eigenvalue weighted by atomic mass is 32.2. The van der Waals surface area contributed by atoms with Gasteiger partial charge in [0, 0.05) is 18.0 Å². The maximum Gasteiger partial charge on any atom is 0.339 e. The Balaban J connectivity index is 2.20. The largest absolute Gasteiger partial charge is 0.478 e. The number of carbonyl (C=O) groups is 2. The van der Waals surface area contributed by atoms with E-state index in [0.29, 0.717) is 30.2 Å². The SMILES string of the molecule is C=C(C)CN(CC)C(=O)c1ccccc1SCc1occc1C(=O)O. The van der Waals surface area contributed by atoms with Crippen molar-refractivity contribution in [1.29, 1.82) is 0 Å². The molecule has 25 heavy (non-hydrogen) atoms. The number of rotatable bonds is 8. The summed E-state index contributed by atoms with van der Waals surface area (Å²) in [5.41, 5.74) is 1.66. The van der Waals surface area contributed by atoms with Crippen LogP contribution in [0.2, 0.25) is 0 Å². The smallest absolute Gasteiger partial charge is 0.339 e. The van der Waals surface area contributed by atoms with Crippen LogP contribution in [0.25, 0.3) is 0 Å². The minimum absolute atomic E-state index is 0.0634. The van der Waals surface area contributed by atoms with Crippen molar-refractivity contribution in [2.75, 3.05) is 13.1 Å². The van der Waals surface area contributed by atoms with Crippen LogP contribution in [-0.2, 0) is 5.75 Å². The van der Waals surface area contributed by atoms with E-state index >= 15 is 0 Å². The second-order valence-corrected chi connectivity index (χ2v) is 6.64. The number of nitrogens with zero attached hydrogens (tertiary/aromatic N) is 1. The Bertz CT molecular complexity index is 781. The van der Waals surface area contributed by atoms with Crippen LogP contribution < -0.4 is 0 Å². The lowest BCUT2D eigenvalue weighted by atomic mass is 10.2. The molecular formula is C19H21NO4S. The Hall–Kier alpha value is -2.47. The summed E-state index contributed by atoms with van der Waals surface area (Å²) >= 11 is 1.38. The van der Waals surface area contributed by atoms with E-state index in [1.54, 1.807) is 11.0 Å². The van der Waals surface area contributed by atoms with E-state index in [1.165, 1.54) is 24.1 Å². The molecule has 1 aromatic carbocycles. The lowest BCUT2D eigenvalue weighted by molar-refractivity contribution is 0.0694. The first-order valence-corrected chi connectivity index (χ1v) is 8.87. The molecule has 0 fully saturated rings. The fourth-order valence-electron chi connectivity index (χ4n) is 2.38. The van der Waals surface area contributed by atoms with Crippen molar-refractivity contribution in [2.45, 2.75) is 24.5 Å². The quantitative estimate of drug-likeness (QED) is 0.562. The van der Waals surface area contributed by atoms with Gasteiger partial charge in [-0.3, -0.25) is 4.79 Å². The zero-order valence-electron chi connectivity index (χ0n) is 14.3. The molecule has 132 valence electrons. The molecule has 0 saturated carbocycles. The van der Waals surface area contributed by atoms with Crippen molar-refractivity contribution in [1.82, 2.24) is 4.90 Å². The summed E-state index contributed by atoms with van der Waals surface area (Å²) in [6.45, 7) is 8.79. The molecule has 0 aliphatic heterocycles. The predicted molar refractivity (Wildman–Crippen MR) is 98.1 cm³/mol. The summed E-state index contributed by atoms with van der Waals surface area (Å²) in [6, 6.07) is 8.75. The van der Waals surface area contributed by atoms with Gasteiger partial charge in [0.25, 0.3) is 5.91 Å². The van der Waals surface area contributed by atoms with Gasteiger partial charge in [-0.2, -0.15) is 0 Å². The monoisotopic (exact) mass is 359 g/mol. The maximum absolute atomic E-state index is 12.8. The van der Waals surface area contributed by atoms with Crippen LogP contribution in [0.4, 0.5) is 0 Å². The van der Waals surface area contributed by atoms with Gasteiger partial charge < -0.3 is 14.4 Å². The van der Waals surface area contributed by atoms with Crippen molar-refractivity contribution in [3.63, 3.8) is 0 Å². The third kappa shape index (κ3) is 4.76. The normalized spacial score (nSPS) is 10.5. The average Bonchev–Trinajstić information content (AvgIpc) is 3.06. The highest BCUT2D eigenvalue weighted by Crippen LogP contribution is 2.29. The van der Waals surface area contributed by atoms with Crippen LogP contribution in [-0.4, -0.2) is 35.0 Å². The maximum atomic E-state index is 12.8. The molecule has 2 aromatic rings. The van der Waals surface area contributed by atoms with Gasteiger partial charge in [0.15, 0.2) is 0 Å². The van der Waals surface area contributed by atoms with Gasteiger partial charge >= 0.3 is 5.97 Å². The molecule has 5 nitrogen and oxygen atoms in total. The van der Waals surface area contributed by atoms with Gasteiger partial charge in [-0.1, -0.05) is 24.3 Å². The third-order valence-corrected chi connectivity index (χ3v) is 4.66. The Morgan fingerprint density at radius 2 is 1.96 bits per heavy atom. The van der Waals surface area contributed by atoms with Gasteiger partial charge in [0.05, 0.1) is 17.6 Å². The van der Waals surface area contributed by atoms with Crippen LogP contribution in [0.15, 0.2) is 58.1 Å². The Morgan fingerprint density at radius 1 is 1.24 bits per heavy atom. The molecule has 0 aliphatic rings. The lowest BCUT2D eigenvalue weighted by Gasteiger charge is -2.22. The molecule has 0 bridgehead atoms. The number of carboxylic acid groups (broad SMARTS) is 1. The molecule has 0 radical (unpaired) electrons. The zero-order valence-corrected chi connectivity index (χ0v) is 15.1. The van der Waals surface area contributed by atoms with E-state index in [2.05, 4.69) is 6.58 Å². The summed E-state index contributed by atoms with van der Waals surface area (Å²) in [4.78, 5) is 26.5. The highest BCUT2D eigenvalue weighted by Gasteiger charge is 2.19. The Morgan fingerprint density at radius 3 is 2.60 bits per heavy atom. The molecule has 1 amide bonds. The predicted octanol–water partition coefficient (Wildman–Crippen LogP) is 4.31. The number of likely N-dealkylation sites (N-methyl/N-ethyl adjacent to an activating group) is 1. The van der Waals surface area contributed by atoms with Crippen LogP contribution in [0.5, 0.6) is 0 Å². The number of amides is 1. The second-order valence-electron chi connectivity index (χ2n) is 5.62. The van der Waals surface area contributed by atoms with Crippen molar-refractivity contribution >= 4 is 23.6 Å². The minimum Gasteiger partial charge on any atom is -0.478 e. The molecule has 1 aromatic heterocycles. The molecule has 6 heteroatoms.